The van der Waals surface area contributed by atoms with E-state index >= 15 is 0 Å². The van der Waals surface area contributed by atoms with Gasteiger partial charge in [0.25, 0.3) is 0 Å². The number of anilines is 1. The summed E-state index contributed by atoms with van der Waals surface area (Å²) in [6, 6.07) is 3.84. The van der Waals surface area contributed by atoms with E-state index in [1.54, 1.807) is 4.90 Å². The van der Waals surface area contributed by atoms with Gasteiger partial charge in [-0.3, -0.25) is 0 Å². The maximum absolute atomic E-state index is 13.0. The van der Waals surface area contributed by atoms with Gasteiger partial charge in [0.2, 0.25) is 0 Å². The number of aromatic hydroxyl groups is 1. The van der Waals surface area contributed by atoms with Crippen LogP contribution in [0, 0.1) is 5.92 Å². The lowest BCUT2D eigenvalue weighted by Gasteiger charge is -2.23. The zero-order chi connectivity index (χ0) is 14.0. The van der Waals surface area contributed by atoms with Gasteiger partial charge in [-0.05, 0) is 30.9 Å². The molecule has 1 aliphatic rings. The van der Waals surface area contributed by atoms with Gasteiger partial charge in [0, 0.05) is 19.7 Å². The van der Waals surface area contributed by atoms with Crippen LogP contribution in [0.15, 0.2) is 18.2 Å². The normalized spacial score (nSPS) is 20.0. The molecular formula is C13H16F3NO2. The molecule has 1 saturated heterocycles. The van der Waals surface area contributed by atoms with Gasteiger partial charge in [-0.1, -0.05) is 6.07 Å². The summed E-state index contributed by atoms with van der Waals surface area (Å²) >= 11 is 0. The molecule has 0 amide bonds. The molecule has 2 N–H and O–H groups in total. The van der Waals surface area contributed by atoms with E-state index in [4.69, 9.17) is 5.11 Å². The Bertz CT molecular complexity index is 448. The number of aliphatic hydroxyl groups excluding tert-OH is 1. The number of phenolic OH excluding ortho intramolecular Hbond substituents is 1. The second-order valence-corrected chi connectivity index (χ2v) is 4.78. The van der Waals surface area contributed by atoms with Crippen LogP contribution in [-0.2, 0) is 6.18 Å². The van der Waals surface area contributed by atoms with Gasteiger partial charge in [-0.15, -0.1) is 0 Å². The van der Waals surface area contributed by atoms with Gasteiger partial charge in [-0.25, -0.2) is 0 Å². The minimum atomic E-state index is -4.57. The minimum absolute atomic E-state index is 0.0212. The van der Waals surface area contributed by atoms with Gasteiger partial charge in [0.15, 0.2) is 0 Å². The van der Waals surface area contributed by atoms with Crippen molar-refractivity contribution in [2.45, 2.75) is 19.0 Å². The van der Waals surface area contributed by atoms with Crippen LogP contribution in [0.3, 0.4) is 0 Å². The van der Waals surface area contributed by atoms with Crippen molar-refractivity contribution in [2.75, 3.05) is 24.6 Å². The van der Waals surface area contributed by atoms with E-state index in [2.05, 4.69) is 0 Å². The Balaban J connectivity index is 2.29. The van der Waals surface area contributed by atoms with E-state index in [1.165, 1.54) is 12.1 Å². The van der Waals surface area contributed by atoms with Crippen molar-refractivity contribution in [1.29, 1.82) is 0 Å². The number of rotatable bonds is 3. The SMILES string of the molecule is OCCC1CCN(c2cccc(O)c2C(F)(F)F)C1. The van der Waals surface area contributed by atoms with E-state index in [-0.39, 0.29) is 18.2 Å². The van der Waals surface area contributed by atoms with Crippen LogP contribution < -0.4 is 4.90 Å². The number of alkyl halides is 3. The summed E-state index contributed by atoms with van der Waals surface area (Å²) in [6.45, 7) is 1.04. The molecule has 0 radical (unpaired) electrons. The summed E-state index contributed by atoms with van der Waals surface area (Å²) < 4.78 is 38.9. The van der Waals surface area contributed by atoms with Crippen molar-refractivity contribution in [3.8, 4) is 5.75 Å². The molecule has 1 unspecified atom stereocenters. The summed E-state index contributed by atoms with van der Waals surface area (Å²) in [7, 11) is 0. The molecule has 0 aliphatic carbocycles. The first-order valence-electron chi connectivity index (χ1n) is 6.18. The summed E-state index contributed by atoms with van der Waals surface area (Å²) in [6.07, 6.45) is -3.22. The fourth-order valence-corrected chi connectivity index (χ4v) is 2.55. The molecule has 1 fully saturated rings. The summed E-state index contributed by atoms with van der Waals surface area (Å²) in [5.74, 6) is -0.538. The molecule has 2 rings (SSSR count). The van der Waals surface area contributed by atoms with Gasteiger partial charge >= 0.3 is 6.18 Å². The van der Waals surface area contributed by atoms with Crippen LogP contribution in [0.2, 0.25) is 0 Å². The highest BCUT2D eigenvalue weighted by molar-refractivity contribution is 5.61. The van der Waals surface area contributed by atoms with Crippen LogP contribution in [0.5, 0.6) is 5.75 Å². The van der Waals surface area contributed by atoms with Crippen LogP contribution in [-0.4, -0.2) is 29.9 Å². The lowest BCUT2D eigenvalue weighted by atomic mass is 10.1. The third-order valence-electron chi connectivity index (χ3n) is 3.47. The molecule has 1 aromatic carbocycles. The van der Waals surface area contributed by atoms with Crippen LogP contribution >= 0.6 is 0 Å². The largest absolute Gasteiger partial charge is 0.507 e. The predicted octanol–water partition coefficient (Wildman–Crippen LogP) is 2.62. The Kier molecular flexibility index (Phi) is 3.89. The minimum Gasteiger partial charge on any atom is -0.507 e. The van der Waals surface area contributed by atoms with Crippen molar-refractivity contribution in [1.82, 2.24) is 0 Å². The highest BCUT2D eigenvalue weighted by Gasteiger charge is 2.39. The van der Waals surface area contributed by atoms with Crippen molar-refractivity contribution in [2.24, 2.45) is 5.92 Å². The molecule has 0 bridgehead atoms. The number of benzene rings is 1. The van der Waals surface area contributed by atoms with Crippen LogP contribution in [0.4, 0.5) is 18.9 Å². The van der Waals surface area contributed by atoms with E-state index in [0.29, 0.717) is 19.5 Å². The second kappa shape index (κ2) is 5.28. The lowest BCUT2D eigenvalue weighted by molar-refractivity contribution is -0.138. The van der Waals surface area contributed by atoms with E-state index in [1.807, 2.05) is 0 Å². The maximum atomic E-state index is 13.0. The first kappa shape index (κ1) is 14.0. The maximum Gasteiger partial charge on any atom is 0.421 e. The van der Waals surface area contributed by atoms with Crippen molar-refractivity contribution in [3.63, 3.8) is 0 Å². The van der Waals surface area contributed by atoms with Crippen molar-refractivity contribution < 1.29 is 23.4 Å². The van der Waals surface area contributed by atoms with Crippen molar-refractivity contribution in [3.05, 3.63) is 23.8 Å². The van der Waals surface area contributed by atoms with Crippen LogP contribution in [0.25, 0.3) is 0 Å². The molecule has 19 heavy (non-hydrogen) atoms. The molecule has 1 aliphatic heterocycles. The fraction of sp³-hybridized carbons (Fsp3) is 0.538. The Morgan fingerprint density at radius 2 is 2.05 bits per heavy atom. The first-order valence-corrected chi connectivity index (χ1v) is 6.18. The Morgan fingerprint density at radius 1 is 1.32 bits per heavy atom. The monoisotopic (exact) mass is 275 g/mol. The third-order valence-corrected chi connectivity index (χ3v) is 3.47. The Labute approximate surface area is 109 Å². The Morgan fingerprint density at radius 3 is 2.68 bits per heavy atom. The molecular weight excluding hydrogens is 259 g/mol. The van der Waals surface area contributed by atoms with Gasteiger partial charge in [-0.2, -0.15) is 13.2 Å². The smallest absolute Gasteiger partial charge is 0.421 e. The zero-order valence-electron chi connectivity index (χ0n) is 10.3. The van der Waals surface area contributed by atoms with E-state index in [0.717, 1.165) is 12.5 Å². The molecule has 0 aromatic heterocycles. The molecule has 0 saturated carbocycles. The topological polar surface area (TPSA) is 43.7 Å². The highest BCUT2D eigenvalue weighted by Crippen LogP contribution is 2.43. The van der Waals surface area contributed by atoms with E-state index < -0.39 is 17.5 Å². The summed E-state index contributed by atoms with van der Waals surface area (Å²) in [5.41, 5.74) is -0.951. The quantitative estimate of drug-likeness (QED) is 0.891. The molecule has 1 heterocycles. The number of hydrogen-bond donors (Lipinski definition) is 2. The number of nitrogens with zero attached hydrogens (tertiary/aromatic N) is 1. The number of aliphatic hydroxyl groups is 1. The molecule has 106 valence electrons. The third kappa shape index (κ3) is 2.94. The molecule has 1 atom stereocenters. The molecule has 6 heteroatoms. The highest BCUT2D eigenvalue weighted by atomic mass is 19.4. The zero-order valence-corrected chi connectivity index (χ0v) is 10.3. The number of hydrogen-bond acceptors (Lipinski definition) is 3. The molecule has 0 spiro atoms. The number of phenols is 1. The first-order chi connectivity index (χ1) is 8.93. The Hall–Kier alpha value is -1.43. The van der Waals surface area contributed by atoms with E-state index in [9.17, 15) is 18.3 Å². The average molecular weight is 275 g/mol. The summed E-state index contributed by atoms with van der Waals surface area (Å²) in [5, 5.41) is 18.3. The number of halogens is 3. The lowest BCUT2D eigenvalue weighted by Crippen LogP contribution is -2.23. The van der Waals surface area contributed by atoms with Crippen LogP contribution in [0.1, 0.15) is 18.4 Å². The molecule has 3 nitrogen and oxygen atoms in total. The predicted molar refractivity (Wildman–Crippen MR) is 65.1 cm³/mol. The second-order valence-electron chi connectivity index (χ2n) is 4.78. The van der Waals surface area contributed by atoms with Gasteiger partial charge in [0.1, 0.15) is 11.3 Å². The van der Waals surface area contributed by atoms with Gasteiger partial charge < -0.3 is 15.1 Å². The summed E-state index contributed by atoms with van der Waals surface area (Å²) in [4.78, 5) is 1.63. The molecule has 1 aromatic rings. The van der Waals surface area contributed by atoms with Crippen molar-refractivity contribution >= 4 is 5.69 Å². The fourth-order valence-electron chi connectivity index (χ4n) is 2.55. The van der Waals surface area contributed by atoms with Gasteiger partial charge in [0.05, 0.1) is 5.69 Å². The average Bonchev–Trinajstić information content (AvgIpc) is 2.76. The standard InChI is InChI=1S/C13H16F3NO2/c14-13(15,16)12-10(2-1-3-11(12)19)17-6-4-9(8-17)5-7-18/h1-3,9,18-19H,4-8H2.